The van der Waals surface area contributed by atoms with Crippen molar-refractivity contribution in [1.29, 1.82) is 0 Å². The Morgan fingerprint density at radius 2 is 1.86 bits per heavy atom. The Morgan fingerprint density at radius 3 is 2.14 bits per heavy atom. The minimum absolute atomic E-state index is 0.0580. The first kappa shape index (κ1) is 13.5. The highest BCUT2D eigenvalue weighted by Crippen LogP contribution is 2.08. The number of rotatable bonds is 7. The molecule has 0 aromatic carbocycles. The summed E-state index contributed by atoms with van der Waals surface area (Å²) in [6.45, 7) is 1.35. The van der Waals surface area contributed by atoms with E-state index in [1.54, 1.807) is 7.11 Å². The third-order valence-electron chi connectivity index (χ3n) is 2.24. The van der Waals surface area contributed by atoms with Crippen LogP contribution in [-0.2, 0) is 9.53 Å². The van der Waals surface area contributed by atoms with Crippen LogP contribution in [0.2, 0.25) is 0 Å². The molecule has 4 heteroatoms. The zero-order chi connectivity index (χ0) is 11.1. The molecule has 2 unspecified atom stereocenters. The SMILES string of the molecule is COCC(C=O)C(CN(C)C)N(C)C. The van der Waals surface area contributed by atoms with Gasteiger partial charge >= 0.3 is 0 Å². The molecular formula is C10H22N2O2. The second-order valence-electron chi connectivity index (χ2n) is 4.05. The third-order valence-corrected chi connectivity index (χ3v) is 2.24. The van der Waals surface area contributed by atoms with Crippen molar-refractivity contribution in [2.75, 3.05) is 48.5 Å². The van der Waals surface area contributed by atoms with Crippen LogP contribution in [0.5, 0.6) is 0 Å². The van der Waals surface area contributed by atoms with E-state index in [1.165, 1.54) is 0 Å². The zero-order valence-electron chi connectivity index (χ0n) is 9.86. The molecule has 0 aromatic rings. The second kappa shape index (κ2) is 6.92. The fourth-order valence-electron chi connectivity index (χ4n) is 1.49. The molecule has 4 nitrogen and oxygen atoms in total. The number of methoxy groups -OCH3 is 1. The van der Waals surface area contributed by atoms with Crippen molar-refractivity contribution in [3.8, 4) is 0 Å². The van der Waals surface area contributed by atoms with Gasteiger partial charge in [0, 0.05) is 19.7 Å². The number of nitrogens with zero attached hydrogens (tertiary/aromatic N) is 2. The lowest BCUT2D eigenvalue weighted by molar-refractivity contribution is -0.114. The van der Waals surface area contributed by atoms with Gasteiger partial charge in [0.2, 0.25) is 0 Å². The van der Waals surface area contributed by atoms with Crippen LogP contribution in [0.4, 0.5) is 0 Å². The van der Waals surface area contributed by atoms with Crippen molar-refractivity contribution in [2.24, 2.45) is 5.92 Å². The van der Waals surface area contributed by atoms with E-state index in [-0.39, 0.29) is 12.0 Å². The van der Waals surface area contributed by atoms with Crippen LogP contribution >= 0.6 is 0 Å². The van der Waals surface area contributed by atoms with Gasteiger partial charge in [-0.3, -0.25) is 0 Å². The molecule has 14 heavy (non-hydrogen) atoms. The first-order chi connectivity index (χ1) is 6.52. The summed E-state index contributed by atoms with van der Waals surface area (Å²) in [5.74, 6) is -0.0580. The van der Waals surface area contributed by atoms with E-state index < -0.39 is 0 Å². The molecule has 0 heterocycles. The van der Waals surface area contributed by atoms with Gasteiger partial charge in [-0.15, -0.1) is 0 Å². The first-order valence-electron chi connectivity index (χ1n) is 4.78. The van der Waals surface area contributed by atoms with E-state index in [0.717, 1.165) is 12.8 Å². The van der Waals surface area contributed by atoms with Gasteiger partial charge in [0.25, 0.3) is 0 Å². The van der Waals surface area contributed by atoms with Gasteiger partial charge in [-0.1, -0.05) is 0 Å². The minimum atomic E-state index is -0.0580. The van der Waals surface area contributed by atoms with Crippen molar-refractivity contribution in [2.45, 2.75) is 6.04 Å². The highest BCUT2D eigenvalue weighted by molar-refractivity contribution is 5.55. The lowest BCUT2D eigenvalue weighted by Crippen LogP contribution is -2.45. The van der Waals surface area contributed by atoms with Gasteiger partial charge < -0.3 is 19.3 Å². The molecule has 0 rings (SSSR count). The third kappa shape index (κ3) is 4.69. The molecule has 0 saturated heterocycles. The molecular weight excluding hydrogens is 180 g/mol. The summed E-state index contributed by atoms with van der Waals surface area (Å²) in [6.07, 6.45) is 0.984. The monoisotopic (exact) mass is 202 g/mol. The van der Waals surface area contributed by atoms with Gasteiger partial charge in [-0.05, 0) is 28.2 Å². The van der Waals surface area contributed by atoms with Gasteiger partial charge in [-0.25, -0.2) is 0 Å². The number of carbonyl (C=O) groups excluding carboxylic acids is 1. The van der Waals surface area contributed by atoms with Gasteiger partial charge in [0.05, 0.1) is 12.5 Å². The van der Waals surface area contributed by atoms with E-state index in [1.807, 2.05) is 28.2 Å². The first-order valence-corrected chi connectivity index (χ1v) is 4.78. The summed E-state index contributed by atoms with van der Waals surface area (Å²) >= 11 is 0. The molecule has 0 aliphatic carbocycles. The lowest BCUT2D eigenvalue weighted by atomic mass is 10.0. The number of likely N-dealkylation sites (N-methyl/N-ethyl adjacent to an activating group) is 2. The molecule has 0 aliphatic heterocycles. The standard InChI is InChI=1S/C10H22N2O2/c1-11(2)6-10(12(3)4)9(7-13)8-14-5/h7,9-10H,6,8H2,1-5H3. The van der Waals surface area contributed by atoms with E-state index in [2.05, 4.69) is 9.80 Å². The highest BCUT2D eigenvalue weighted by Gasteiger charge is 2.23. The predicted octanol–water partition coefficient (Wildman–Crippen LogP) is -0.0603. The molecule has 0 aliphatic rings. The van der Waals surface area contributed by atoms with Crippen LogP contribution in [0, 0.1) is 5.92 Å². The number of carbonyl (C=O) groups is 1. The van der Waals surface area contributed by atoms with Crippen molar-refractivity contribution < 1.29 is 9.53 Å². The van der Waals surface area contributed by atoms with Crippen molar-refractivity contribution in [3.63, 3.8) is 0 Å². The van der Waals surface area contributed by atoms with E-state index in [4.69, 9.17) is 4.74 Å². The summed E-state index contributed by atoms with van der Waals surface area (Å²) in [5.41, 5.74) is 0. The smallest absolute Gasteiger partial charge is 0.126 e. The molecule has 0 fully saturated rings. The Morgan fingerprint density at radius 1 is 1.29 bits per heavy atom. The second-order valence-corrected chi connectivity index (χ2v) is 4.05. The number of hydrogen-bond donors (Lipinski definition) is 0. The quantitative estimate of drug-likeness (QED) is 0.541. The average Bonchev–Trinajstić information content (AvgIpc) is 2.10. The predicted molar refractivity (Wildman–Crippen MR) is 57.5 cm³/mol. The van der Waals surface area contributed by atoms with Crippen molar-refractivity contribution in [3.05, 3.63) is 0 Å². The highest BCUT2D eigenvalue weighted by atomic mass is 16.5. The van der Waals surface area contributed by atoms with Crippen LogP contribution in [0.15, 0.2) is 0 Å². The fraction of sp³-hybridized carbons (Fsp3) is 0.900. The van der Waals surface area contributed by atoms with Gasteiger partial charge in [0.1, 0.15) is 6.29 Å². The van der Waals surface area contributed by atoms with Crippen LogP contribution in [-0.4, -0.2) is 70.6 Å². The molecule has 0 aromatic heterocycles. The summed E-state index contributed by atoms with van der Waals surface area (Å²) in [4.78, 5) is 15.0. The lowest BCUT2D eigenvalue weighted by Gasteiger charge is -2.31. The van der Waals surface area contributed by atoms with Crippen molar-refractivity contribution in [1.82, 2.24) is 9.80 Å². The maximum Gasteiger partial charge on any atom is 0.126 e. The summed E-state index contributed by atoms with van der Waals surface area (Å²) in [5, 5.41) is 0. The Balaban J connectivity index is 4.35. The topological polar surface area (TPSA) is 32.8 Å². The van der Waals surface area contributed by atoms with Gasteiger partial charge in [0.15, 0.2) is 0 Å². The van der Waals surface area contributed by atoms with Crippen LogP contribution < -0.4 is 0 Å². The Labute approximate surface area is 86.8 Å². The number of hydrogen-bond acceptors (Lipinski definition) is 4. The number of ether oxygens (including phenoxy) is 1. The molecule has 0 spiro atoms. The van der Waals surface area contributed by atoms with Gasteiger partial charge in [-0.2, -0.15) is 0 Å². The summed E-state index contributed by atoms with van der Waals surface area (Å²) in [7, 11) is 9.61. The van der Waals surface area contributed by atoms with E-state index in [0.29, 0.717) is 6.61 Å². The number of aldehydes is 1. The molecule has 0 bridgehead atoms. The van der Waals surface area contributed by atoms with E-state index >= 15 is 0 Å². The molecule has 84 valence electrons. The molecule has 0 amide bonds. The van der Waals surface area contributed by atoms with Crippen LogP contribution in [0.3, 0.4) is 0 Å². The molecule has 0 N–H and O–H groups in total. The molecule has 2 atom stereocenters. The van der Waals surface area contributed by atoms with Crippen LogP contribution in [0.25, 0.3) is 0 Å². The maximum absolute atomic E-state index is 10.9. The molecule has 0 radical (unpaired) electrons. The average molecular weight is 202 g/mol. The van der Waals surface area contributed by atoms with Crippen molar-refractivity contribution >= 4 is 6.29 Å². The minimum Gasteiger partial charge on any atom is -0.384 e. The Hall–Kier alpha value is -0.450. The largest absolute Gasteiger partial charge is 0.384 e. The van der Waals surface area contributed by atoms with E-state index in [9.17, 15) is 4.79 Å². The van der Waals surface area contributed by atoms with Crippen LogP contribution in [0.1, 0.15) is 0 Å². The Kier molecular flexibility index (Phi) is 6.70. The fourth-order valence-corrected chi connectivity index (χ4v) is 1.49. The summed E-state index contributed by atoms with van der Waals surface area (Å²) < 4.78 is 5.03. The normalized spacial score (nSPS) is 15.9. The Bertz CT molecular complexity index is 160. The summed E-state index contributed by atoms with van der Waals surface area (Å²) in [6, 6.07) is 0.211. The maximum atomic E-state index is 10.9. The zero-order valence-corrected chi connectivity index (χ0v) is 9.86. The molecule has 0 saturated carbocycles.